The third-order valence-corrected chi connectivity index (χ3v) is 3.38. The fourth-order valence-electron chi connectivity index (χ4n) is 2.15. The molecule has 0 bridgehead atoms. The van der Waals surface area contributed by atoms with Gasteiger partial charge in [-0.05, 0) is 40.6 Å². The summed E-state index contributed by atoms with van der Waals surface area (Å²) >= 11 is 3.32. The zero-order valence-electron chi connectivity index (χ0n) is 8.91. The molecule has 82 valence electrons. The Morgan fingerprint density at radius 1 is 1.40 bits per heavy atom. The van der Waals surface area contributed by atoms with E-state index in [-0.39, 0.29) is 0 Å². The first kappa shape index (κ1) is 10.9. The first-order chi connectivity index (χ1) is 7.24. The molecule has 1 aliphatic rings. The first-order valence-electron chi connectivity index (χ1n) is 5.45. The molecule has 0 aliphatic heterocycles. The van der Waals surface area contributed by atoms with Crippen LogP contribution in [0.1, 0.15) is 26.2 Å². The lowest BCUT2D eigenvalue weighted by atomic mass is 10.1. The number of anilines is 1. The van der Waals surface area contributed by atoms with Crippen LogP contribution in [0.4, 0.5) is 5.95 Å². The lowest BCUT2D eigenvalue weighted by Crippen LogP contribution is -2.13. The number of aromatic nitrogens is 2. The summed E-state index contributed by atoms with van der Waals surface area (Å²) in [5.74, 6) is 2.42. The number of rotatable bonds is 3. The van der Waals surface area contributed by atoms with E-state index in [0.29, 0.717) is 0 Å². The number of halogens is 1. The van der Waals surface area contributed by atoms with Gasteiger partial charge in [-0.15, -0.1) is 0 Å². The van der Waals surface area contributed by atoms with Crippen molar-refractivity contribution in [2.75, 3.05) is 11.9 Å². The minimum absolute atomic E-state index is 0.734. The molecule has 2 unspecified atom stereocenters. The Kier molecular flexibility index (Phi) is 3.57. The fourth-order valence-corrected chi connectivity index (χ4v) is 2.35. The third kappa shape index (κ3) is 3.16. The van der Waals surface area contributed by atoms with Gasteiger partial charge in [-0.3, -0.25) is 0 Å². The van der Waals surface area contributed by atoms with E-state index in [1.54, 1.807) is 12.4 Å². The topological polar surface area (TPSA) is 37.8 Å². The van der Waals surface area contributed by atoms with Crippen molar-refractivity contribution in [2.24, 2.45) is 11.8 Å². The Labute approximate surface area is 98.8 Å². The fraction of sp³-hybridized carbons (Fsp3) is 0.636. The van der Waals surface area contributed by atoms with Gasteiger partial charge in [0.15, 0.2) is 0 Å². The van der Waals surface area contributed by atoms with Gasteiger partial charge in [-0.1, -0.05) is 13.3 Å². The highest BCUT2D eigenvalue weighted by Crippen LogP contribution is 2.30. The van der Waals surface area contributed by atoms with Crippen LogP contribution in [0.5, 0.6) is 0 Å². The molecule has 0 aromatic carbocycles. The number of nitrogens with zero attached hydrogens (tertiary/aromatic N) is 2. The van der Waals surface area contributed by atoms with Crippen LogP contribution in [0, 0.1) is 11.8 Å². The van der Waals surface area contributed by atoms with Gasteiger partial charge in [0.2, 0.25) is 5.95 Å². The molecular weight excluding hydrogens is 254 g/mol. The van der Waals surface area contributed by atoms with E-state index in [2.05, 4.69) is 38.1 Å². The van der Waals surface area contributed by atoms with Crippen molar-refractivity contribution in [1.29, 1.82) is 0 Å². The molecule has 1 fully saturated rings. The van der Waals surface area contributed by atoms with E-state index in [4.69, 9.17) is 0 Å². The number of hydrogen-bond acceptors (Lipinski definition) is 3. The molecule has 15 heavy (non-hydrogen) atoms. The van der Waals surface area contributed by atoms with Gasteiger partial charge in [0, 0.05) is 18.9 Å². The highest BCUT2D eigenvalue weighted by Gasteiger charge is 2.20. The lowest BCUT2D eigenvalue weighted by molar-refractivity contribution is 0.536. The third-order valence-electron chi connectivity index (χ3n) is 2.97. The summed E-state index contributed by atoms with van der Waals surface area (Å²) in [5.41, 5.74) is 0. The van der Waals surface area contributed by atoms with Crippen LogP contribution in [0.3, 0.4) is 0 Å². The zero-order chi connectivity index (χ0) is 10.7. The van der Waals surface area contributed by atoms with Crippen molar-refractivity contribution < 1.29 is 0 Å². The smallest absolute Gasteiger partial charge is 0.222 e. The standard InChI is InChI=1S/C11H16BrN3/c1-8-2-3-9(4-8)5-13-11-14-6-10(12)7-15-11/h6-9H,2-5H2,1H3,(H,13,14,15). The highest BCUT2D eigenvalue weighted by molar-refractivity contribution is 9.10. The Morgan fingerprint density at radius 2 is 2.13 bits per heavy atom. The number of nitrogens with one attached hydrogen (secondary N) is 1. The van der Waals surface area contributed by atoms with Crippen LogP contribution in [0.2, 0.25) is 0 Å². The van der Waals surface area contributed by atoms with E-state index in [0.717, 1.165) is 28.8 Å². The summed E-state index contributed by atoms with van der Waals surface area (Å²) in [6, 6.07) is 0. The summed E-state index contributed by atoms with van der Waals surface area (Å²) in [6.07, 6.45) is 7.58. The maximum atomic E-state index is 4.19. The van der Waals surface area contributed by atoms with Gasteiger partial charge in [0.1, 0.15) is 0 Å². The van der Waals surface area contributed by atoms with Gasteiger partial charge in [0.05, 0.1) is 4.47 Å². The van der Waals surface area contributed by atoms with Crippen LogP contribution < -0.4 is 5.32 Å². The quantitative estimate of drug-likeness (QED) is 0.917. The molecule has 3 nitrogen and oxygen atoms in total. The maximum absolute atomic E-state index is 4.19. The average Bonchev–Trinajstić information content (AvgIpc) is 2.64. The summed E-state index contributed by atoms with van der Waals surface area (Å²) in [5, 5.41) is 3.29. The van der Waals surface area contributed by atoms with Crippen molar-refractivity contribution in [3.63, 3.8) is 0 Å². The largest absolute Gasteiger partial charge is 0.354 e. The van der Waals surface area contributed by atoms with Crippen LogP contribution in [0.25, 0.3) is 0 Å². The molecule has 2 rings (SSSR count). The normalized spacial score (nSPS) is 25.5. The lowest BCUT2D eigenvalue weighted by Gasteiger charge is -2.10. The molecule has 1 aliphatic carbocycles. The van der Waals surface area contributed by atoms with Crippen molar-refractivity contribution in [1.82, 2.24) is 9.97 Å². The minimum atomic E-state index is 0.734. The van der Waals surface area contributed by atoms with E-state index in [1.807, 2.05) is 0 Å². The van der Waals surface area contributed by atoms with Crippen LogP contribution in [-0.4, -0.2) is 16.5 Å². The van der Waals surface area contributed by atoms with Crippen molar-refractivity contribution in [3.05, 3.63) is 16.9 Å². The molecule has 1 aromatic rings. The van der Waals surface area contributed by atoms with Crippen molar-refractivity contribution in [3.8, 4) is 0 Å². The second-order valence-electron chi connectivity index (χ2n) is 4.39. The maximum Gasteiger partial charge on any atom is 0.222 e. The molecule has 0 saturated heterocycles. The van der Waals surface area contributed by atoms with Gasteiger partial charge >= 0.3 is 0 Å². The summed E-state index contributed by atoms with van der Waals surface area (Å²) in [6.45, 7) is 3.34. The molecule has 0 spiro atoms. The number of hydrogen-bond donors (Lipinski definition) is 1. The van der Waals surface area contributed by atoms with E-state index in [9.17, 15) is 0 Å². The molecule has 0 radical (unpaired) electrons. The SMILES string of the molecule is CC1CCC(CNc2ncc(Br)cn2)C1. The van der Waals surface area contributed by atoms with Crippen molar-refractivity contribution >= 4 is 21.9 Å². The Bertz CT molecular complexity index is 312. The molecule has 1 N–H and O–H groups in total. The van der Waals surface area contributed by atoms with Gasteiger partial charge < -0.3 is 5.32 Å². The second kappa shape index (κ2) is 4.92. The monoisotopic (exact) mass is 269 g/mol. The summed E-state index contributed by atoms with van der Waals surface area (Å²) < 4.78 is 0.919. The van der Waals surface area contributed by atoms with Gasteiger partial charge in [-0.25, -0.2) is 9.97 Å². The molecular formula is C11H16BrN3. The zero-order valence-corrected chi connectivity index (χ0v) is 10.5. The van der Waals surface area contributed by atoms with Crippen LogP contribution in [0.15, 0.2) is 16.9 Å². The molecule has 4 heteroatoms. The molecule has 1 aromatic heterocycles. The average molecular weight is 270 g/mol. The minimum Gasteiger partial charge on any atom is -0.354 e. The second-order valence-corrected chi connectivity index (χ2v) is 5.31. The molecule has 1 saturated carbocycles. The van der Waals surface area contributed by atoms with E-state index < -0.39 is 0 Å². The Hall–Kier alpha value is -0.640. The summed E-state index contributed by atoms with van der Waals surface area (Å²) in [7, 11) is 0. The Balaban J connectivity index is 1.80. The van der Waals surface area contributed by atoms with Gasteiger partial charge in [-0.2, -0.15) is 0 Å². The predicted octanol–water partition coefficient (Wildman–Crippen LogP) is 3.09. The van der Waals surface area contributed by atoms with Crippen LogP contribution >= 0.6 is 15.9 Å². The van der Waals surface area contributed by atoms with Gasteiger partial charge in [0.25, 0.3) is 0 Å². The van der Waals surface area contributed by atoms with Crippen molar-refractivity contribution in [2.45, 2.75) is 26.2 Å². The van der Waals surface area contributed by atoms with E-state index in [1.165, 1.54) is 19.3 Å². The molecule has 0 amide bonds. The molecule has 2 atom stereocenters. The highest BCUT2D eigenvalue weighted by atomic mass is 79.9. The van der Waals surface area contributed by atoms with E-state index >= 15 is 0 Å². The molecule has 1 heterocycles. The first-order valence-corrected chi connectivity index (χ1v) is 6.25. The van der Waals surface area contributed by atoms with Crippen LogP contribution in [-0.2, 0) is 0 Å². The Morgan fingerprint density at radius 3 is 2.73 bits per heavy atom. The predicted molar refractivity (Wildman–Crippen MR) is 64.7 cm³/mol. The summed E-state index contributed by atoms with van der Waals surface area (Å²) in [4.78, 5) is 8.38.